The van der Waals surface area contributed by atoms with Crippen molar-refractivity contribution in [3.63, 3.8) is 0 Å². The minimum atomic E-state index is -2.19. The normalized spacial score (nSPS) is 5.09. The van der Waals surface area contributed by atoms with Crippen molar-refractivity contribution in [3.8, 4) is 0 Å². The van der Waals surface area contributed by atoms with Crippen LogP contribution in [0, 0.1) is 0 Å². The van der Waals surface area contributed by atoms with E-state index in [2.05, 4.69) is 11.5 Å². The summed E-state index contributed by atoms with van der Waals surface area (Å²) in [7, 11) is 3.00. The summed E-state index contributed by atoms with van der Waals surface area (Å²) in [6.07, 6.45) is 0. The first-order valence-electron chi connectivity index (χ1n) is 2.22. The van der Waals surface area contributed by atoms with Crippen LogP contribution in [-0.2, 0) is 30.7 Å². The summed E-state index contributed by atoms with van der Waals surface area (Å²) < 4.78 is 0. The molecule has 0 unspecified atom stereocenters. The molecule has 0 saturated heterocycles. The Hall–Kier alpha value is -0.452. The minimum Gasteiger partial charge on any atom is -0.543 e. The van der Waals surface area contributed by atoms with Crippen LogP contribution >= 0.6 is 0 Å². The molecule has 0 atom stereocenters. The molecule has 0 aliphatic rings. The second kappa shape index (κ2) is 22.7. The molecular formula is C4H10N2O4Pt. The maximum absolute atomic E-state index is 8.93. The zero-order valence-corrected chi connectivity index (χ0v) is 8.38. The van der Waals surface area contributed by atoms with Gasteiger partial charge in [-0.25, -0.2) is 0 Å². The maximum atomic E-state index is 8.93. The summed E-state index contributed by atoms with van der Waals surface area (Å²) >= 11 is 0. The third-order valence-electron chi connectivity index (χ3n) is 0.167. The molecule has 4 N–H and O–H groups in total. The molecule has 6 nitrogen and oxygen atoms in total. The van der Waals surface area contributed by atoms with Gasteiger partial charge in [-0.15, -0.1) is 0 Å². The number of carbonyl (C=O) groups excluding carboxylic acids is 2. The third-order valence-corrected chi connectivity index (χ3v) is 0.167. The maximum Gasteiger partial charge on any atom is 2.00 e. The SMILES string of the molecule is CN.CN.O=C([O-])C(=O)[O-].[Pt+2]. The van der Waals surface area contributed by atoms with Crippen LogP contribution in [0.1, 0.15) is 0 Å². The predicted molar refractivity (Wildman–Crippen MR) is 30.2 cm³/mol. The number of nitrogens with two attached hydrogens (primary N) is 2. The van der Waals surface area contributed by atoms with E-state index < -0.39 is 11.9 Å². The molecule has 0 amide bonds. The fraction of sp³-hybridized carbons (Fsp3) is 0.500. The molecule has 0 spiro atoms. The molecule has 0 aliphatic heterocycles. The average Bonchev–Trinajstić information content (AvgIpc) is 1.96. The number of hydrogen-bond acceptors (Lipinski definition) is 6. The molecule has 70 valence electrons. The van der Waals surface area contributed by atoms with Crippen LogP contribution in [0.2, 0.25) is 0 Å². The largest absolute Gasteiger partial charge is 2.00 e. The zero-order valence-electron chi connectivity index (χ0n) is 6.10. The van der Waals surface area contributed by atoms with Crippen LogP contribution in [0.15, 0.2) is 0 Å². The molecule has 0 aromatic carbocycles. The van der Waals surface area contributed by atoms with Gasteiger partial charge in [0, 0.05) is 0 Å². The van der Waals surface area contributed by atoms with E-state index in [1.165, 1.54) is 14.1 Å². The van der Waals surface area contributed by atoms with Crippen molar-refractivity contribution in [2.45, 2.75) is 0 Å². The number of hydrogen-bond donors (Lipinski definition) is 2. The van der Waals surface area contributed by atoms with Crippen LogP contribution in [-0.4, -0.2) is 26.0 Å². The van der Waals surface area contributed by atoms with Crippen LogP contribution in [0.3, 0.4) is 0 Å². The summed E-state index contributed by atoms with van der Waals surface area (Å²) in [4.78, 5) is 17.9. The predicted octanol–water partition coefficient (Wildman–Crippen LogP) is -4.37. The molecule has 11 heavy (non-hydrogen) atoms. The Morgan fingerprint density at radius 2 is 1.00 bits per heavy atom. The molecule has 0 fully saturated rings. The number of aliphatic carboxylic acids is 2. The van der Waals surface area contributed by atoms with Gasteiger partial charge in [-0.1, -0.05) is 0 Å². The summed E-state index contributed by atoms with van der Waals surface area (Å²) in [5.41, 5.74) is 9.00. The molecule has 7 heteroatoms. The Balaban J connectivity index is -0.0000000428. The Kier molecular flexibility index (Phi) is 46.2. The van der Waals surface area contributed by atoms with E-state index in [0.717, 1.165) is 0 Å². The second-order valence-electron chi connectivity index (χ2n) is 0.575. The van der Waals surface area contributed by atoms with Crippen LogP contribution in [0.25, 0.3) is 0 Å². The third kappa shape index (κ3) is 43.2. The summed E-state index contributed by atoms with van der Waals surface area (Å²) in [6.45, 7) is 0. The van der Waals surface area contributed by atoms with E-state index in [-0.39, 0.29) is 21.1 Å². The quantitative estimate of drug-likeness (QED) is 0.426. The molecule has 0 radical (unpaired) electrons. The Bertz CT molecular complexity index is 86.1. The summed E-state index contributed by atoms with van der Waals surface area (Å²) in [5.74, 6) is -4.37. The van der Waals surface area contributed by atoms with Crippen LogP contribution in [0.5, 0.6) is 0 Å². The van der Waals surface area contributed by atoms with Gasteiger partial charge in [0.05, 0.1) is 11.9 Å². The van der Waals surface area contributed by atoms with Gasteiger partial charge in [0.2, 0.25) is 0 Å². The smallest absolute Gasteiger partial charge is 0.543 e. The first kappa shape index (κ1) is 22.4. The zero-order chi connectivity index (χ0) is 9.15. The van der Waals surface area contributed by atoms with Crippen LogP contribution < -0.4 is 21.7 Å². The Morgan fingerprint density at radius 3 is 1.00 bits per heavy atom. The van der Waals surface area contributed by atoms with Crippen molar-refractivity contribution in [3.05, 3.63) is 0 Å². The van der Waals surface area contributed by atoms with E-state index in [1.54, 1.807) is 0 Å². The monoisotopic (exact) mass is 345 g/mol. The number of carbonyl (C=O) groups is 2. The van der Waals surface area contributed by atoms with Gasteiger partial charge in [0.25, 0.3) is 0 Å². The van der Waals surface area contributed by atoms with E-state index in [1.807, 2.05) is 0 Å². The second-order valence-corrected chi connectivity index (χ2v) is 0.575. The van der Waals surface area contributed by atoms with Crippen molar-refractivity contribution in [1.29, 1.82) is 0 Å². The first-order chi connectivity index (χ1) is 4.64. The molecular weight excluding hydrogens is 335 g/mol. The number of rotatable bonds is 0. The van der Waals surface area contributed by atoms with Crippen molar-refractivity contribution < 1.29 is 40.9 Å². The Labute approximate surface area is 78.8 Å². The van der Waals surface area contributed by atoms with Gasteiger partial charge in [-0.2, -0.15) is 0 Å². The molecule has 0 aromatic heterocycles. The van der Waals surface area contributed by atoms with Crippen molar-refractivity contribution in [2.24, 2.45) is 11.5 Å². The molecule has 0 aliphatic carbocycles. The minimum absolute atomic E-state index is 0. The van der Waals surface area contributed by atoms with Gasteiger partial charge in [0.1, 0.15) is 0 Å². The molecule has 0 aromatic rings. The standard InChI is InChI=1S/C2H2O4.2CH5N.Pt/c3-1(4)2(5)6;2*1-2;/h(H,3,4)(H,5,6);2*2H2,1H3;/q;;;+2/p-2. The number of carboxylic acids is 2. The molecule has 0 bridgehead atoms. The summed E-state index contributed by atoms with van der Waals surface area (Å²) in [6, 6.07) is 0. The van der Waals surface area contributed by atoms with Gasteiger partial charge in [0.15, 0.2) is 0 Å². The molecule has 0 saturated carbocycles. The van der Waals surface area contributed by atoms with Gasteiger partial charge in [-0.3, -0.25) is 0 Å². The average molecular weight is 345 g/mol. The van der Waals surface area contributed by atoms with Gasteiger partial charge >= 0.3 is 21.1 Å². The fourth-order valence-corrected chi connectivity index (χ4v) is 0. The fourth-order valence-electron chi connectivity index (χ4n) is 0. The molecule has 0 heterocycles. The van der Waals surface area contributed by atoms with E-state index in [0.29, 0.717) is 0 Å². The van der Waals surface area contributed by atoms with Crippen molar-refractivity contribution >= 4 is 11.9 Å². The van der Waals surface area contributed by atoms with Gasteiger partial charge < -0.3 is 31.3 Å². The van der Waals surface area contributed by atoms with E-state index >= 15 is 0 Å². The molecule has 0 rings (SSSR count). The summed E-state index contributed by atoms with van der Waals surface area (Å²) in [5, 5.41) is 17.9. The topological polar surface area (TPSA) is 132 Å². The van der Waals surface area contributed by atoms with Crippen molar-refractivity contribution in [1.82, 2.24) is 0 Å². The van der Waals surface area contributed by atoms with Gasteiger partial charge in [-0.05, 0) is 14.1 Å². The number of carboxylic acid groups (broad SMARTS) is 2. The van der Waals surface area contributed by atoms with E-state index in [4.69, 9.17) is 19.8 Å². The Morgan fingerprint density at radius 1 is 0.909 bits per heavy atom. The van der Waals surface area contributed by atoms with Crippen LogP contribution in [0.4, 0.5) is 0 Å². The van der Waals surface area contributed by atoms with E-state index in [9.17, 15) is 0 Å². The first-order valence-corrected chi connectivity index (χ1v) is 2.22. The van der Waals surface area contributed by atoms with Crippen molar-refractivity contribution in [2.75, 3.05) is 14.1 Å².